The van der Waals surface area contributed by atoms with Gasteiger partial charge in [-0.15, -0.1) is 0 Å². The average molecular weight is 712 g/mol. The smallest absolute Gasteiger partial charge is 0.475 e. The van der Waals surface area contributed by atoms with Crippen LogP contribution in [0.25, 0.3) is 0 Å². The maximum Gasteiger partial charge on any atom is 0.475 e. The van der Waals surface area contributed by atoms with Gasteiger partial charge in [0.25, 0.3) is 0 Å². The number of phosphoric ester groups is 1. The monoisotopic (exact) mass is 711 g/mol. The Morgan fingerprint density at radius 1 is 0.870 bits per heavy atom. The molecule has 46 heavy (non-hydrogen) atoms. The van der Waals surface area contributed by atoms with Crippen molar-refractivity contribution in [3.05, 3.63) is 22.7 Å². The molecule has 268 valence electrons. The number of hydrogen-bond donors (Lipinski definition) is 1. The van der Waals surface area contributed by atoms with Gasteiger partial charge in [-0.2, -0.15) is 22.0 Å². The van der Waals surface area contributed by atoms with E-state index in [1.54, 1.807) is 75.3 Å². The number of halogens is 6. The Kier molecular flexibility index (Phi) is 14.3. The first-order chi connectivity index (χ1) is 20.5. The zero-order valence-corrected chi connectivity index (χ0v) is 30.0. The summed E-state index contributed by atoms with van der Waals surface area (Å²) in [7, 11) is -2.85. The summed E-state index contributed by atoms with van der Waals surface area (Å²) in [5.41, 5.74) is -3.21. The van der Waals surface area contributed by atoms with E-state index in [0.717, 1.165) is 0 Å². The summed E-state index contributed by atoms with van der Waals surface area (Å²) in [6, 6.07) is 3.06. The standard InChI is InChI=1S/C30H48ClF5NO8P/c1-25(2,3)43-24(38)37-28(10,19-42-46(39,44-26(4,5)6)45-27(7,8)9)15-13-20-17-21(31)23(22(18-20)40-11)41-16-12-14-29(32,33)30(34,35)36/h17-18H,12-16,19H2,1-11H3,(H,37,38)/t28-/m1/s1. The first kappa shape index (κ1) is 42.2. The summed E-state index contributed by atoms with van der Waals surface area (Å²) in [6.45, 7) is 16.1. The van der Waals surface area contributed by atoms with Gasteiger partial charge < -0.3 is 19.5 Å². The summed E-state index contributed by atoms with van der Waals surface area (Å²) < 4.78 is 111. The minimum Gasteiger partial charge on any atom is -0.493 e. The molecule has 0 aliphatic carbocycles. The molecule has 0 bridgehead atoms. The van der Waals surface area contributed by atoms with Crippen LogP contribution in [0.15, 0.2) is 12.1 Å². The van der Waals surface area contributed by atoms with E-state index < -0.39 is 67.8 Å². The van der Waals surface area contributed by atoms with Crippen LogP contribution in [-0.2, 0) is 29.3 Å². The molecule has 0 heterocycles. The third-order valence-electron chi connectivity index (χ3n) is 5.67. The zero-order chi connectivity index (χ0) is 36.0. The number of methoxy groups -OCH3 is 1. The Hall–Kier alpha value is -1.86. The first-order valence-corrected chi connectivity index (χ1v) is 16.4. The van der Waals surface area contributed by atoms with Crippen LogP contribution in [-0.4, -0.2) is 60.9 Å². The van der Waals surface area contributed by atoms with Gasteiger partial charge in [-0.1, -0.05) is 11.6 Å². The number of carbonyl (C=O) groups excluding carboxylic acids is 1. The highest BCUT2D eigenvalue weighted by Gasteiger charge is 2.56. The fraction of sp³-hybridized carbons (Fsp3) is 0.767. The van der Waals surface area contributed by atoms with E-state index in [0.29, 0.717) is 5.56 Å². The number of ether oxygens (including phenoxy) is 3. The van der Waals surface area contributed by atoms with Crippen molar-refractivity contribution in [2.75, 3.05) is 20.3 Å². The van der Waals surface area contributed by atoms with Crippen LogP contribution >= 0.6 is 19.4 Å². The number of phosphoric acid groups is 1. The second-order valence-corrected chi connectivity index (χ2v) is 16.0. The second kappa shape index (κ2) is 15.6. The molecule has 1 aromatic carbocycles. The van der Waals surface area contributed by atoms with E-state index >= 15 is 0 Å². The molecule has 16 heteroatoms. The van der Waals surface area contributed by atoms with Crippen molar-refractivity contribution >= 4 is 25.5 Å². The van der Waals surface area contributed by atoms with Gasteiger partial charge in [0, 0.05) is 6.42 Å². The minimum atomic E-state index is -5.65. The predicted octanol–water partition coefficient (Wildman–Crippen LogP) is 9.68. The average Bonchev–Trinajstić information content (AvgIpc) is 2.80. The van der Waals surface area contributed by atoms with Gasteiger partial charge >= 0.3 is 26.0 Å². The fourth-order valence-electron chi connectivity index (χ4n) is 3.77. The molecule has 1 aromatic rings. The summed E-state index contributed by atoms with van der Waals surface area (Å²) in [4.78, 5) is 12.8. The summed E-state index contributed by atoms with van der Waals surface area (Å²) in [5, 5.41) is 2.81. The van der Waals surface area contributed by atoms with Gasteiger partial charge in [0.05, 0.1) is 42.1 Å². The second-order valence-electron chi connectivity index (χ2n) is 14.1. The van der Waals surface area contributed by atoms with Crippen LogP contribution in [0.1, 0.15) is 94.1 Å². The van der Waals surface area contributed by atoms with E-state index in [9.17, 15) is 31.3 Å². The third-order valence-corrected chi connectivity index (χ3v) is 7.93. The van der Waals surface area contributed by atoms with Gasteiger partial charge in [-0.05, 0) is 106 Å². The van der Waals surface area contributed by atoms with Gasteiger partial charge in [-0.25, -0.2) is 9.36 Å². The number of hydrogen-bond acceptors (Lipinski definition) is 8. The molecule has 0 aliphatic heterocycles. The maximum atomic E-state index is 13.7. The minimum absolute atomic E-state index is 0.0247. The lowest BCUT2D eigenvalue weighted by Gasteiger charge is -2.35. The number of carbonyl (C=O) groups is 1. The van der Waals surface area contributed by atoms with Crippen LogP contribution < -0.4 is 14.8 Å². The quantitative estimate of drug-likeness (QED) is 0.109. The lowest BCUT2D eigenvalue weighted by atomic mass is 9.94. The molecule has 1 rings (SSSR count). The molecule has 0 fully saturated rings. The van der Waals surface area contributed by atoms with Gasteiger partial charge in [-0.3, -0.25) is 13.6 Å². The van der Waals surface area contributed by atoms with Gasteiger partial charge in [0.1, 0.15) is 5.60 Å². The van der Waals surface area contributed by atoms with Crippen molar-refractivity contribution in [2.45, 2.75) is 129 Å². The van der Waals surface area contributed by atoms with Crippen molar-refractivity contribution in [2.24, 2.45) is 0 Å². The summed E-state index contributed by atoms with van der Waals surface area (Å²) in [5.74, 6) is -4.76. The molecule has 0 saturated heterocycles. The van der Waals surface area contributed by atoms with Gasteiger partial charge in [0.2, 0.25) is 0 Å². The molecule has 9 nitrogen and oxygen atoms in total. The molecule has 0 spiro atoms. The lowest BCUT2D eigenvalue weighted by molar-refractivity contribution is -0.284. The summed E-state index contributed by atoms with van der Waals surface area (Å²) >= 11 is 6.39. The Bertz CT molecular complexity index is 1190. The number of amides is 1. The highest BCUT2D eigenvalue weighted by Crippen LogP contribution is 2.56. The molecule has 0 unspecified atom stereocenters. The molecule has 0 radical (unpaired) electrons. The molecule has 1 N–H and O–H groups in total. The molecular formula is C30H48ClF5NO8P. The molecule has 0 saturated carbocycles. The highest BCUT2D eigenvalue weighted by molar-refractivity contribution is 7.48. The van der Waals surface area contributed by atoms with Crippen molar-refractivity contribution < 1.29 is 59.1 Å². The topological polar surface area (TPSA) is 102 Å². The van der Waals surface area contributed by atoms with E-state index in [1.165, 1.54) is 13.2 Å². The number of benzene rings is 1. The highest BCUT2D eigenvalue weighted by atomic mass is 35.5. The van der Waals surface area contributed by atoms with Gasteiger partial charge in [0.15, 0.2) is 11.5 Å². The number of aryl methyl sites for hydroxylation is 1. The Morgan fingerprint density at radius 2 is 1.41 bits per heavy atom. The largest absolute Gasteiger partial charge is 0.493 e. The molecule has 1 atom stereocenters. The Morgan fingerprint density at radius 3 is 1.87 bits per heavy atom. The number of alkyl halides is 5. The van der Waals surface area contributed by atoms with Crippen molar-refractivity contribution in [3.63, 3.8) is 0 Å². The van der Waals surface area contributed by atoms with E-state index in [-0.39, 0.29) is 36.0 Å². The number of alkyl carbamates (subject to hydrolysis) is 1. The third kappa shape index (κ3) is 15.4. The first-order valence-electron chi connectivity index (χ1n) is 14.6. The Balaban J connectivity index is 3.21. The summed E-state index contributed by atoms with van der Waals surface area (Å²) in [6.07, 6.45) is -8.02. The Labute approximate surface area is 273 Å². The molecular weight excluding hydrogens is 664 g/mol. The van der Waals surface area contributed by atoms with Crippen LogP contribution in [0, 0.1) is 0 Å². The molecule has 0 aromatic heterocycles. The number of nitrogens with one attached hydrogen (secondary N) is 1. The van der Waals surface area contributed by atoms with Crippen LogP contribution in [0.2, 0.25) is 5.02 Å². The predicted molar refractivity (Wildman–Crippen MR) is 165 cm³/mol. The lowest BCUT2D eigenvalue weighted by Crippen LogP contribution is -2.51. The van der Waals surface area contributed by atoms with Crippen LogP contribution in [0.4, 0.5) is 26.7 Å². The number of rotatable bonds is 15. The van der Waals surface area contributed by atoms with Crippen LogP contribution in [0.3, 0.4) is 0 Å². The van der Waals surface area contributed by atoms with Crippen LogP contribution in [0.5, 0.6) is 11.5 Å². The molecule has 0 aliphatic rings. The van der Waals surface area contributed by atoms with E-state index in [1.807, 2.05) is 0 Å². The zero-order valence-electron chi connectivity index (χ0n) is 28.4. The van der Waals surface area contributed by atoms with Crippen molar-refractivity contribution in [1.82, 2.24) is 5.32 Å². The normalized spacial score (nSPS) is 14.9. The molecule has 1 amide bonds. The SMILES string of the molecule is COc1cc(CC[C@](C)(COP(=O)(OC(C)(C)C)OC(C)(C)C)NC(=O)OC(C)(C)C)cc(Cl)c1OCCCC(F)(F)C(F)(F)F. The van der Waals surface area contributed by atoms with E-state index in [4.69, 9.17) is 39.4 Å². The van der Waals surface area contributed by atoms with Crippen molar-refractivity contribution in [1.29, 1.82) is 0 Å². The van der Waals surface area contributed by atoms with Crippen molar-refractivity contribution in [3.8, 4) is 11.5 Å². The maximum absolute atomic E-state index is 13.7. The van der Waals surface area contributed by atoms with E-state index in [2.05, 4.69) is 5.32 Å². The fourth-order valence-corrected chi connectivity index (χ4v) is 5.99.